The van der Waals surface area contributed by atoms with E-state index in [1.54, 1.807) is 26.4 Å². The van der Waals surface area contributed by atoms with Crippen molar-refractivity contribution in [3.8, 4) is 17.2 Å². The number of hydrogen-bond acceptors (Lipinski definition) is 4. The molecule has 0 N–H and O–H groups in total. The molecule has 0 bridgehead atoms. The molecule has 0 aromatic heterocycles. The molecule has 1 fully saturated rings. The standard InChI is InChI=1S/C21H25NO4/c1-15-7-9-16(10-8-15)26-17-11-13-22(14-12-17)21(23)20-18(24-2)5-4-6-19(20)25-3/h4-10,17H,11-14H2,1-3H3. The lowest BCUT2D eigenvalue weighted by Crippen LogP contribution is -2.42. The summed E-state index contributed by atoms with van der Waals surface area (Å²) in [6, 6.07) is 13.4. The van der Waals surface area contributed by atoms with Crippen molar-refractivity contribution < 1.29 is 19.0 Å². The molecule has 0 unspecified atom stereocenters. The zero-order chi connectivity index (χ0) is 18.5. The molecule has 2 aromatic carbocycles. The van der Waals surface area contributed by atoms with E-state index in [4.69, 9.17) is 14.2 Å². The lowest BCUT2D eigenvalue weighted by molar-refractivity contribution is 0.0589. The quantitative estimate of drug-likeness (QED) is 0.821. The van der Waals surface area contributed by atoms with Gasteiger partial charge in [0.25, 0.3) is 5.91 Å². The maximum Gasteiger partial charge on any atom is 0.261 e. The van der Waals surface area contributed by atoms with Crippen LogP contribution in [0, 0.1) is 6.92 Å². The smallest absolute Gasteiger partial charge is 0.261 e. The van der Waals surface area contributed by atoms with E-state index < -0.39 is 0 Å². The summed E-state index contributed by atoms with van der Waals surface area (Å²) in [4.78, 5) is 14.8. The van der Waals surface area contributed by atoms with E-state index in [0.29, 0.717) is 30.2 Å². The third-order valence-electron chi connectivity index (χ3n) is 4.69. The Hall–Kier alpha value is -2.69. The molecule has 5 heteroatoms. The fourth-order valence-electron chi connectivity index (χ4n) is 3.21. The van der Waals surface area contributed by atoms with Crippen molar-refractivity contribution in [2.24, 2.45) is 0 Å². The molecule has 0 spiro atoms. The Morgan fingerprint density at radius 1 is 0.962 bits per heavy atom. The van der Waals surface area contributed by atoms with Gasteiger partial charge in [-0.2, -0.15) is 0 Å². The van der Waals surface area contributed by atoms with Crippen molar-refractivity contribution >= 4 is 5.91 Å². The summed E-state index contributed by atoms with van der Waals surface area (Å²) in [5.41, 5.74) is 1.69. The molecule has 2 aromatic rings. The van der Waals surface area contributed by atoms with Gasteiger partial charge in [-0.15, -0.1) is 0 Å². The van der Waals surface area contributed by atoms with Crippen LogP contribution in [-0.4, -0.2) is 44.2 Å². The summed E-state index contributed by atoms with van der Waals surface area (Å²) >= 11 is 0. The highest BCUT2D eigenvalue weighted by molar-refractivity contribution is 5.99. The summed E-state index contributed by atoms with van der Waals surface area (Å²) < 4.78 is 16.8. The van der Waals surface area contributed by atoms with Crippen LogP contribution in [0.15, 0.2) is 42.5 Å². The predicted octanol–water partition coefficient (Wildman–Crippen LogP) is 3.70. The molecule has 138 valence electrons. The number of ether oxygens (including phenoxy) is 3. The minimum Gasteiger partial charge on any atom is -0.496 e. The molecule has 1 saturated heterocycles. The van der Waals surface area contributed by atoms with Crippen molar-refractivity contribution in [3.63, 3.8) is 0 Å². The largest absolute Gasteiger partial charge is 0.496 e. The predicted molar refractivity (Wildman–Crippen MR) is 100 cm³/mol. The van der Waals surface area contributed by atoms with Crippen LogP contribution in [0.5, 0.6) is 17.2 Å². The second-order valence-corrected chi connectivity index (χ2v) is 6.46. The Kier molecular flexibility index (Phi) is 5.66. The van der Waals surface area contributed by atoms with Gasteiger partial charge >= 0.3 is 0 Å². The van der Waals surface area contributed by atoms with Gasteiger partial charge in [0.1, 0.15) is 28.9 Å². The molecular weight excluding hydrogens is 330 g/mol. The zero-order valence-electron chi connectivity index (χ0n) is 15.5. The Labute approximate surface area is 154 Å². The van der Waals surface area contributed by atoms with Gasteiger partial charge in [-0.05, 0) is 31.2 Å². The molecule has 0 saturated carbocycles. The van der Waals surface area contributed by atoms with E-state index in [9.17, 15) is 4.79 Å². The molecule has 0 aliphatic carbocycles. The Morgan fingerprint density at radius 3 is 2.08 bits per heavy atom. The first-order valence-corrected chi connectivity index (χ1v) is 8.86. The van der Waals surface area contributed by atoms with Crippen molar-refractivity contribution in [3.05, 3.63) is 53.6 Å². The van der Waals surface area contributed by atoms with Crippen LogP contribution in [0.4, 0.5) is 0 Å². The minimum absolute atomic E-state index is 0.0620. The second kappa shape index (κ2) is 8.13. The summed E-state index contributed by atoms with van der Waals surface area (Å²) in [5.74, 6) is 1.89. The number of carbonyl (C=O) groups excluding carboxylic acids is 1. The Balaban J connectivity index is 1.65. The normalized spacial score (nSPS) is 14.8. The number of amides is 1. The zero-order valence-corrected chi connectivity index (χ0v) is 15.5. The highest BCUT2D eigenvalue weighted by Gasteiger charge is 2.28. The van der Waals surface area contributed by atoms with Gasteiger partial charge in [-0.1, -0.05) is 23.8 Å². The molecule has 0 radical (unpaired) electrons. The van der Waals surface area contributed by atoms with Gasteiger partial charge in [0.15, 0.2) is 0 Å². The molecular formula is C21H25NO4. The van der Waals surface area contributed by atoms with Crippen LogP contribution < -0.4 is 14.2 Å². The molecule has 0 atom stereocenters. The van der Waals surface area contributed by atoms with Gasteiger partial charge in [0.2, 0.25) is 0 Å². The number of piperidine rings is 1. The third kappa shape index (κ3) is 3.93. The summed E-state index contributed by atoms with van der Waals surface area (Å²) in [5, 5.41) is 0. The SMILES string of the molecule is COc1cccc(OC)c1C(=O)N1CCC(Oc2ccc(C)cc2)CC1. The number of rotatable bonds is 5. The van der Waals surface area contributed by atoms with Crippen LogP contribution >= 0.6 is 0 Å². The lowest BCUT2D eigenvalue weighted by Gasteiger charge is -2.32. The molecule has 3 rings (SSSR count). The van der Waals surface area contributed by atoms with Crippen molar-refractivity contribution in [1.82, 2.24) is 4.90 Å². The lowest BCUT2D eigenvalue weighted by atomic mass is 10.0. The maximum atomic E-state index is 13.0. The van der Waals surface area contributed by atoms with Crippen LogP contribution in [0.25, 0.3) is 0 Å². The topological polar surface area (TPSA) is 48.0 Å². The van der Waals surface area contributed by atoms with Gasteiger partial charge in [0.05, 0.1) is 14.2 Å². The maximum absolute atomic E-state index is 13.0. The number of methoxy groups -OCH3 is 2. The van der Waals surface area contributed by atoms with Crippen LogP contribution in [-0.2, 0) is 0 Å². The van der Waals surface area contributed by atoms with Crippen LogP contribution in [0.2, 0.25) is 0 Å². The fraction of sp³-hybridized carbons (Fsp3) is 0.381. The number of carbonyl (C=O) groups is 1. The highest BCUT2D eigenvalue weighted by Crippen LogP contribution is 2.30. The summed E-state index contributed by atoms with van der Waals surface area (Å²) in [6.07, 6.45) is 1.73. The van der Waals surface area contributed by atoms with Gasteiger partial charge in [0, 0.05) is 25.9 Å². The van der Waals surface area contributed by atoms with Gasteiger partial charge in [-0.3, -0.25) is 4.79 Å². The van der Waals surface area contributed by atoms with E-state index in [1.807, 2.05) is 35.2 Å². The van der Waals surface area contributed by atoms with Gasteiger partial charge < -0.3 is 19.1 Å². The number of likely N-dealkylation sites (tertiary alicyclic amines) is 1. The van der Waals surface area contributed by atoms with E-state index in [2.05, 4.69) is 6.92 Å². The molecule has 26 heavy (non-hydrogen) atoms. The van der Waals surface area contributed by atoms with Gasteiger partial charge in [-0.25, -0.2) is 0 Å². The Bertz CT molecular complexity index is 727. The van der Waals surface area contributed by atoms with Crippen molar-refractivity contribution in [2.45, 2.75) is 25.9 Å². The first-order chi connectivity index (χ1) is 12.6. The van der Waals surface area contributed by atoms with E-state index in [0.717, 1.165) is 18.6 Å². The summed E-state index contributed by atoms with van der Waals surface area (Å²) in [6.45, 7) is 3.35. The third-order valence-corrected chi connectivity index (χ3v) is 4.69. The highest BCUT2D eigenvalue weighted by atomic mass is 16.5. The van der Waals surface area contributed by atoms with Crippen molar-refractivity contribution in [1.29, 1.82) is 0 Å². The van der Waals surface area contributed by atoms with E-state index in [1.165, 1.54) is 5.56 Å². The van der Waals surface area contributed by atoms with Crippen LogP contribution in [0.3, 0.4) is 0 Å². The van der Waals surface area contributed by atoms with E-state index in [-0.39, 0.29) is 12.0 Å². The number of benzene rings is 2. The monoisotopic (exact) mass is 355 g/mol. The summed E-state index contributed by atoms with van der Waals surface area (Å²) in [7, 11) is 3.13. The number of hydrogen-bond donors (Lipinski definition) is 0. The molecule has 1 amide bonds. The first-order valence-electron chi connectivity index (χ1n) is 8.86. The Morgan fingerprint density at radius 2 is 1.54 bits per heavy atom. The molecule has 1 heterocycles. The number of aryl methyl sites for hydroxylation is 1. The average Bonchev–Trinajstić information content (AvgIpc) is 2.69. The van der Waals surface area contributed by atoms with Crippen molar-refractivity contribution in [2.75, 3.05) is 27.3 Å². The fourth-order valence-corrected chi connectivity index (χ4v) is 3.21. The number of nitrogens with zero attached hydrogens (tertiary/aromatic N) is 1. The van der Waals surface area contributed by atoms with E-state index >= 15 is 0 Å². The molecule has 5 nitrogen and oxygen atoms in total. The first kappa shape index (κ1) is 18.1. The van der Waals surface area contributed by atoms with Crippen LogP contribution in [0.1, 0.15) is 28.8 Å². The second-order valence-electron chi connectivity index (χ2n) is 6.46. The molecule has 1 aliphatic heterocycles. The minimum atomic E-state index is -0.0620. The average molecular weight is 355 g/mol. The molecule has 1 aliphatic rings.